The SMILES string of the molecule is CC(CS(C)(=O)=O)Nc1ccc(N(C)CCO)cc1. The van der Waals surface area contributed by atoms with Gasteiger partial charge in [0.05, 0.1) is 12.4 Å². The molecule has 0 amide bonds. The number of hydrogen-bond acceptors (Lipinski definition) is 5. The molecule has 6 heteroatoms. The third-order valence-electron chi connectivity index (χ3n) is 2.71. The first-order chi connectivity index (χ1) is 8.81. The van der Waals surface area contributed by atoms with Gasteiger partial charge in [-0.3, -0.25) is 0 Å². The Kier molecular flexibility index (Phi) is 5.62. The number of aliphatic hydroxyl groups excluding tert-OH is 1. The number of hydrogen-bond donors (Lipinski definition) is 2. The molecular formula is C13H22N2O3S. The van der Waals surface area contributed by atoms with Crippen LogP contribution in [0.1, 0.15) is 6.92 Å². The summed E-state index contributed by atoms with van der Waals surface area (Å²) in [6, 6.07) is 7.55. The lowest BCUT2D eigenvalue weighted by Crippen LogP contribution is -2.25. The predicted molar refractivity (Wildman–Crippen MR) is 79.6 cm³/mol. The van der Waals surface area contributed by atoms with Gasteiger partial charge in [-0.25, -0.2) is 8.42 Å². The van der Waals surface area contributed by atoms with E-state index in [1.807, 2.05) is 43.1 Å². The number of rotatable bonds is 7. The van der Waals surface area contributed by atoms with Crippen LogP contribution in [0.2, 0.25) is 0 Å². The lowest BCUT2D eigenvalue weighted by molar-refractivity contribution is 0.304. The summed E-state index contributed by atoms with van der Waals surface area (Å²) in [6.45, 7) is 2.53. The van der Waals surface area contributed by atoms with Gasteiger partial charge < -0.3 is 15.3 Å². The van der Waals surface area contributed by atoms with Gasteiger partial charge in [-0.15, -0.1) is 0 Å². The number of sulfone groups is 1. The van der Waals surface area contributed by atoms with Crippen molar-refractivity contribution in [3.05, 3.63) is 24.3 Å². The monoisotopic (exact) mass is 286 g/mol. The van der Waals surface area contributed by atoms with E-state index in [-0.39, 0.29) is 18.4 Å². The van der Waals surface area contributed by atoms with Gasteiger partial charge in [0, 0.05) is 37.3 Å². The van der Waals surface area contributed by atoms with Gasteiger partial charge in [0.1, 0.15) is 9.84 Å². The van der Waals surface area contributed by atoms with E-state index in [1.165, 1.54) is 6.26 Å². The van der Waals surface area contributed by atoms with Crippen molar-refractivity contribution in [1.29, 1.82) is 0 Å². The van der Waals surface area contributed by atoms with Gasteiger partial charge in [0.15, 0.2) is 0 Å². The van der Waals surface area contributed by atoms with Crippen molar-refractivity contribution in [2.45, 2.75) is 13.0 Å². The van der Waals surface area contributed by atoms with E-state index in [1.54, 1.807) is 0 Å². The van der Waals surface area contributed by atoms with Crippen molar-refractivity contribution >= 4 is 21.2 Å². The van der Waals surface area contributed by atoms with Gasteiger partial charge in [0.25, 0.3) is 0 Å². The maximum atomic E-state index is 11.2. The topological polar surface area (TPSA) is 69.6 Å². The summed E-state index contributed by atoms with van der Waals surface area (Å²) in [4.78, 5) is 1.95. The largest absolute Gasteiger partial charge is 0.395 e. The Morgan fingerprint density at radius 1 is 1.32 bits per heavy atom. The van der Waals surface area contributed by atoms with E-state index in [0.717, 1.165) is 11.4 Å². The second-order valence-electron chi connectivity index (χ2n) is 4.83. The minimum absolute atomic E-state index is 0.110. The summed E-state index contributed by atoms with van der Waals surface area (Å²) >= 11 is 0. The van der Waals surface area contributed by atoms with Gasteiger partial charge in [-0.1, -0.05) is 0 Å². The van der Waals surface area contributed by atoms with E-state index in [9.17, 15) is 8.42 Å². The van der Waals surface area contributed by atoms with Gasteiger partial charge in [-0.05, 0) is 31.2 Å². The molecule has 1 aromatic rings. The summed E-state index contributed by atoms with van der Waals surface area (Å²) in [6.07, 6.45) is 1.23. The molecule has 0 saturated carbocycles. The molecule has 0 bridgehead atoms. The minimum Gasteiger partial charge on any atom is -0.395 e. The maximum Gasteiger partial charge on any atom is 0.149 e. The number of benzene rings is 1. The van der Waals surface area contributed by atoms with Crippen molar-refractivity contribution in [2.75, 3.05) is 42.4 Å². The van der Waals surface area contributed by atoms with E-state index < -0.39 is 9.84 Å². The van der Waals surface area contributed by atoms with Crippen LogP contribution in [-0.4, -0.2) is 51.8 Å². The zero-order valence-electron chi connectivity index (χ0n) is 11.6. The second kappa shape index (κ2) is 6.77. The maximum absolute atomic E-state index is 11.2. The molecular weight excluding hydrogens is 264 g/mol. The molecule has 1 unspecified atom stereocenters. The number of aliphatic hydroxyl groups is 1. The third kappa shape index (κ3) is 5.94. The molecule has 0 heterocycles. The number of likely N-dealkylation sites (N-methyl/N-ethyl adjacent to an activating group) is 1. The van der Waals surface area contributed by atoms with Gasteiger partial charge >= 0.3 is 0 Å². The fraction of sp³-hybridized carbons (Fsp3) is 0.538. The standard InChI is InChI=1S/C13H22N2O3S/c1-11(10-19(3,17)18)14-12-4-6-13(7-5-12)15(2)8-9-16/h4-7,11,14,16H,8-10H2,1-3H3. The van der Waals surface area contributed by atoms with Crippen LogP contribution < -0.4 is 10.2 Å². The molecule has 19 heavy (non-hydrogen) atoms. The van der Waals surface area contributed by atoms with Crippen LogP contribution >= 0.6 is 0 Å². The first kappa shape index (κ1) is 15.8. The Labute approximate surface area is 115 Å². The van der Waals surface area contributed by atoms with E-state index in [0.29, 0.717) is 6.54 Å². The lowest BCUT2D eigenvalue weighted by atomic mass is 10.2. The molecule has 1 rings (SSSR count). The van der Waals surface area contributed by atoms with Crippen LogP contribution in [0.25, 0.3) is 0 Å². The molecule has 0 fully saturated rings. The Morgan fingerprint density at radius 3 is 2.37 bits per heavy atom. The molecule has 0 aliphatic heterocycles. The summed E-state index contributed by atoms with van der Waals surface area (Å²) in [7, 11) is -1.06. The van der Waals surface area contributed by atoms with Crippen molar-refractivity contribution in [2.24, 2.45) is 0 Å². The van der Waals surface area contributed by atoms with Crippen LogP contribution in [0.15, 0.2) is 24.3 Å². The Morgan fingerprint density at radius 2 is 1.89 bits per heavy atom. The third-order valence-corrected chi connectivity index (χ3v) is 3.81. The molecule has 0 radical (unpaired) electrons. The minimum atomic E-state index is -2.97. The van der Waals surface area contributed by atoms with Crippen molar-refractivity contribution in [3.8, 4) is 0 Å². The molecule has 108 valence electrons. The molecule has 0 aliphatic rings. The van der Waals surface area contributed by atoms with Crippen molar-refractivity contribution in [3.63, 3.8) is 0 Å². The van der Waals surface area contributed by atoms with Crippen molar-refractivity contribution < 1.29 is 13.5 Å². The van der Waals surface area contributed by atoms with Gasteiger partial charge in [0.2, 0.25) is 0 Å². The average Bonchev–Trinajstić information content (AvgIpc) is 2.27. The first-order valence-corrected chi connectivity index (χ1v) is 8.24. The molecule has 0 spiro atoms. The molecule has 1 aromatic carbocycles. The Balaban J connectivity index is 2.62. The van der Waals surface area contributed by atoms with Crippen LogP contribution in [0.5, 0.6) is 0 Å². The Bertz CT molecular complexity index is 485. The van der Waals surface area contributed by atoms with Crippen LogP contribution in [0.3, 0.4) is 0 Å². The quantitative estimate of drug-likeness (QED) is 0.781. The summed E-state index contributed by atoms with van der Waals surface area (Å²) in [5, 5.41) is 12.0. The average molecular weight is 286 g/mol. The lowest BCUT2D eigenvalue weighted by Gasteiger charge is -2.19. The molecule has 0 saturated heterocycles. The summed E-state index contributed by atoms with van der Waals surface area (Å²) < 4.78 is 22.4. The number of nitrogens with zero attached hydrogens (tertiary/aromatic N) is 1. The van der Waals surface area contributed by atoms with Crippen LogP contribution in [-0.2, 0) is 9.84 Å². The fourth-order valence-electron chi connectivity index (χ4n) is 1.87. The van der Waals surface area contributed by atoms with E-state index >= 15 is 0 Å². The number of anilines is 2. The fourth-order valence-corrected chi connectivity index (χ4v) is 2.86. The van der Waals surface area contributed by atoms with E-state index in [2.05, 4.69) is 5.32 Å². The normalized spacial score (nSPS) is 13.1. The molecule has 0 aliphatic carbocycles. The first-order valence-electron chi connectivity index (χ1n) is 6.18. The van der Waals surface area contributed by atoms with Crippen LogP contribution in [0.4, 0.5) is 11.4 Å². The van der Waals surface area contributed by atoms with E-state index in [4.69, 9.17) is 5.11 Å². The molecule has 2 N–H and O–H groups in total. The molecule has 0 aromatic heterocycles. The summed E-state index contributed by atoms with van der Waals surface area (Å²) in [5.74, 6) is 0.110. The smallest absolute Gasteiger partial charge is 0.149 e. The highest BCUT2D eigenvalue weighted by Crippen LogP contribution is 2.17. The van der Waals surface area contributed by atoms with Crippen molar-refractivity contribution in [1.82, 2.24) is 0 Å². The van der Waals surface area contributed by atoms with Gasteiger partial charge in [-0.2, -0.15) is 0 Å². The zero-order valence-corrected chi connectivity index (χ0v) is 12.4. The number of nitrogens with one attached hydrogen (secondary N) is 1. The zero-order chi connectivity index (χ0) is 14.5. The summed E-state index contributed by atoms with van der Waals surface area (Å²) in [5.41, 5.74) is 1.90. The molecule has 5 nitrogen and oxygen atoms in total. The van der Waals surface area contributed by atoms with Crippen LogP contribution in [0, 0.1) is 0 Å². The molecule has 1 atom stereocenters. The highest BCUT2D eigenvalue weighted by molar-refractivity contribution is 7.90. The Hall–Kier alpha value is -1.27. The predicted octanol–water partition coefficient (Wildman–Crippen LogP) is 0.960. The second-order valence-corrected chi connectivity index (χ2v) is 7.01. The highest BCUT2D eigenvalue weighted by Gasteiger charge is 2.10. The highest BCUT2D eigenvalue weighted by atomic mass is 32.2.